The van der Waals surface area contributed by atoms with Gasteiger partial charge < -0.3 is 9.16 Å². The van der Waals surface area contributed by atoms with Crippen LogP contribution in [0.25, 0.3) is 0 Å². The summed E-state index contributed by atoms with van der Waals surface area (Å²) >= 11 is 0. The number of ether oxygens (including phenoxy) is 1. The molecule has 1 fully saturated rings. The Morgan fingerprint density at radius 2 is 2.06 bits per heavy atom. The molecule has 0 amide bonds. The lowest BCUT2D eigenvalue weighted by Gasteiger charge is -2.35. The van der Waals surface area contributed by atoms with Gasteiger partial charge in [0.25, 0.3) is 0 Å². The van der Waals surface area contributed by atoms with Gasteiger partial charge in [0.15, 0.2) is 8.32 Å². The SMILES string of the molecule is CC(C)(C)[Si](C)(C)OC/C=C/C1CCCO1. The van der Waals surface area contributed by atoms with Crippen molar-refractivity contribution in [1.29, 1.82) is 0 Å². The molecule has 0 aromatic heterocycles. The van der Waals surface area contributed by atoms with Crippen LogP contribution in [0.15, 0.2) is 12.2 Å². The smallest absolute Gasteiger partial charge is 0.192 e. The first-order chi connectivity index (χ1) is 7.33. The van der Waals surface area contributed by atoms with E-state index in [4.69, 9.17) is 9.16 Å². The maximum Gasteiger partial charge on any atom is 0.192 e. The van der Waals surface area contributed by atoms with Crippen molar-refractivity contribution in [2.75, 3.05) is 13.2 Å². The molecule has 0 aromatic rings. The fraction of sp³-hybridized carbons (Fsp3) is 0.846. The van der Waals surface area contributed by atoms with E-state index >= 15 is 0 Å². The van der Waals surface area contributed by atoms with E-state index in [9.17, 15) is 0 Å². The molecule has 1 unspecified atom stereocenters. The Morgan fingerprint density at radius 3 is 2.56 bits per heavy atom. The minimum Gasteiger partial charge on any atom is -0.413 e. The predicted octanol–water partition coefficient (Wildman–Crippen LogP) is 3.74. The summed E-state index contributed by atoms with van der Waals surface area (Å²) < 4.78 is 11.6. The van der Waals surface area contributed by atoms with Crippen LogP contribution < -0.4 is 0 Å². The highest BCUT2D eigenvalue weighted by atomic mass is 28.4. The highest BCUT2D eigenvalue weighted by Gasteiger charge is 2.36. The maximum atomic E-state index is 6.05. The first kappa shape index (κ1) is 13.9. The summed E-state index contributed by atoms with van der Waals surface area (Å²) in [5, 5.41) is 0.296. The monoisotopic (exact) mass is 242 g/mol. The third-order valence-corrected chi connectivity index (χ3v) is 8.16. The quantitative estimate of drug-likeness (QED) is 0.552. The van der Waals surface area contributed by atoms with Gasteiger partial charge in [-0.25, -0.2) is 0 Å². The molecule has 1 heterocycles. The molecule has 3 heteroatoms. The summed E-state index contributed by atoms with van der Waals surface area (Å²) in [6.45, 7) is 13.0. The largest absolute Gasteiger partial charge is 0.413 e. The summed E-state index contributed by atoms with van der Waals surface area (Å²) in [4.78, 5) is 0. The first-order valence-electron chi connectivity index (χ1n) is 6.25. The molecule has 0 radical (unpaired) electrons. The van der Waals surface area contributed by atoms with Crippen molar-refractivity contribution < 1.29 is 9.16 Å². The van der Waals surface area contributed by atoms with Crippen LogP contribution in [0.4, 0.5) is 0 Å². The molecular weight excluding hydrogens is 216 g/mol. The summed E-state index contributed by atoms with van der Waals surface area (Å²) in [6.07, 6.45) is 6.97. The summed E-state index contributed by atoms with van der Waals surface area (Å²) in [7, 11) is -1.57. The van der Waals surface area contributed by atoms with E-state index in [1.165, 1.54) is 6.42 Å². The normalized spacial score (nSPS) is 23.2. The van der Waals surface area contributed by atoms with Crippen molar-refractivity contribution in [2.45, 2.75) is 57.8 Å². The molecule has 94 valence electrons. The fourth-order valence-corrected chi connectivity index (χ4v) is 2.38. The molecule has 1 atom stereocenters. The molecule has 2 nitrogen and oxygen atoms in total. The van der Waals surface area contributed by atoms with Crippen LogP contribution in [0.5, 0.6) is 0 Å². The summed E-state index contributed by atoms with van der Waals surface area (Å²) in [6, 6.07) is 0. The molecule has 1 rings (SSSR count). The molecule has 1 aliphatic heterocycles. The van der Waals surface area contributed by atoms with Crippen LogP contribution >= 0.6 is 0 Å². The first-order valence-corrected chi connectivity index (χ1v) is 9.16. The highest BCUT2D eigenvalue weighted by Crippen LogP contribution is 2.36. The average Bonchev–Trinajstić information content (AvgIpc) is 2.63. The Balaban J connectivity index is 2.29. The van der Waals surface area contributed by atoms with Crippen molar-refractivity contribution in [3.63, 3.8) is 0 Å². The van der Waals surface area contributed by atoms with Crippen molar-refractivity contribution in [3.05, 3.63) is 12.2 Å². The third-order valence-electron chi connectivity index (χ3n) is 3.66. The molecule has 1 saturated heterocycles. The van der Waals surface area contributed by atoms with Crippen molar-refractivity contribution in [2.24, 2.45) is 0 Å². The Kier molecular flexibility index (Phi) is 4.77. The van der Waals surface area contributed by atoms with Gasteiger partial charge in [0.05, 0.1) is 12.7 Å². The van der Waals surface area contributed by atoms with E-state index in [0.29, 0.717) is 11.1 Å². The second-order valence-corrected chi connectivity index (χ2v) is 10.9. The molecule has 0 aromatic carbocycles. The van der Waals surface area contributed by atoms with Crippen LogP contribution in [-0.4, -0.2) is 27.6 Å². The van der Waals surface area contributed by atoms with Gasteiger partial charge in [-0.1, -0.05) is 32.9 Å². The van der Waals surface area contributed by atoms with Crippen molar-refractivity contribution >= 4 is 8.32 Å². The van der Waals surface area contributed by atoms with E-state index in [1.54, 1.807) is 0 Å². The Hall–Kier alpha value is -0.123. The average molecular weight is 242 g/mol. The molecule has 0 spiro atoms. The standard InChI is InChI=1S/C13H26O2Si/c1-13(2,3)16(4,5)15-11-7-9-12-8-6-10-14-12/h7,9,12H,6,8,10-11H2,1-5H3/b9-7+. The van der Waals surface area contributed by atoms with Gasteiger partial charge in [0, 0.05) is 6.61 Å². The van der Waals surface area contributed by atoms with E-state index in [-0.39, 0.29) is 0 Å². The molecule has 16 heavy (non-hydrogen) atoms. The van der Waals surface area contributed by atoms with Crippen LogP contribution in [-0.2, 0) is 9.16 Å². The molecule has 0 saturated carbocycles. The molecule has 0 aliphatic carbocycles. The van der Waals surface area contributed by atoms with Gasteiger partial charge in [-0.2, -0.15) is 0 Å². The summed E-state index contributed by atoms with van der Waals surface area (Å²) in [5.74, 6) is 0. The zero-order valence-corrected chi connectivity index (χ0v) is 12.4. The lowest BCUT2D eigenvalue weighted by atomic mass is 10.2. The number of rotatable bonds is 4. The van der Waals surface area contributed by atoms with Crippen LogP contribution in [0.3, 0.4) is 0 Å². The Labute approximate surface area is 101 Å². The topological polar surface area (TPSA) is 18.5 Å². The van der Waals surface area contributed by atoms with Gasteiger partial charge in [0.1, 0.15) is 0 Å². The predicted molar refractivity (Wildman–Crippen MR) is 71.3 cm³/mol. The number of hydrogen-bond acceptors (Lipinski definition) is 2. The minimum atomic E-state index is -1.57. The lowest BCUT2D eigenvalue weighted by Crippen LogP contribution is -2.40. The zero-order valence-electron chi connectivity index (χ0n) is 11.4. The van der Waals surface area contributed by atoms with Gasteiger partial charge in [0.2, 0.25) is 0 Å². The highest BCUT2D eigenvalue weighted by molar-refractivity contribution is 6.74. The van der Waals surface area contributed by atoms with Gasteiger partial charge in [-0.3, -0.25) is 0 Å². The van der Waals surface area contributed by atoms with E-state index in [1.807, 2.05) is 0 Å². The van der Waals surface area contributed by atoms with E-state index in [2.05, 4.69) is 46.0 Å². The van der Waals surface area contributed by atoms with Gasteiger partial charge >= 0.3 is 0 Å². The minimum absolute atomic E-state index is 0.296. The molecule has 0 bridgehead atoms. The van der Waals surface area contributed by atoms with Crippen LogP contribution in [0.2, 0.25) is 18.1 Å². The number of hydrogen-bond donors (Lipinski definition) is 0. The van der Waals surface area contributed by atoms with Gasteiger partial charge in [-0.15, -0.1) is 0 Å². The van der Waals surface area contributed by atoms with Crippen molar-refractivity contribution in [3.8, 4) is 0 Å². The van der Waals surface area contributed by atoms with E-state index in [0.717, 1.165) is 19.6 Å². The Bertz CT molecular complexity index is 235. The molecule has 1 aliphatic rings. The Morgan fingerprint density at radius 1 is 1.38 bits per heavy atom. The fourth-order valence-electron chi connectivity index (χ4n) is 1.43. The zero-order chi connectivity index (χ0) is 12.2. The van der Waals surface area contributed by atoms with Crippen LogP contribution in [0.1, 0.15) is 33.6 Å². The molecule has 0 N–H and O–H groups in total. The lowest BCUT2D eigenvalue weighted by molar-refractivity contribution is 0.145. The maximum absolute atomic E-state index is 6.05. The second kappa shape index (κ2) is 5.47. The molecular formula is C13H26O2Si. The van der Waals surface area contributed by atoms with Crippen LogP contribution in [0, 0.1) is 0 Å². The summed E-state index contributed by atoms with van der Waals surface area (Å²) in [5.41, 5.74) is 0. The van der Waals surface area contributed by atoms with Crippen molar-refractivity contribution in [1.82, 2.24) is 0 Å². The van der Waals surface area contributed by atoms with Gasteiger partial charge in [-0.05, 0) is 31.0 Å². The second-order valence-electron chi connectivity index (χ2n) is 6.05. The van der Waals surface area contributed by atoms with E-state index < -0.39 is 8.32 Å². The third kappa shape index (κ3) is 4.04.